The van der Waals surface area contributed by atoms with Gasteiger partial charge in [-0.3, -0.25) is 9.59 Å². The van der Waals surface area contributed by atoms with Crippen LogP contribution in [-0.2, 0) is 0 Å². The first-order valence-electron chi connectivity index (χ1n) is 8.58. The molecule has 2 amide bonds. The molecule has 0 unspecified atom stereocenters. The van der Waals surface area contributed by atoms with Crippen molar-refractivity contribution in [2.24, 2.45) is 0 Å². The minimum Gasteiger partial charge on any atom is -0.357 e. The van der Waals surface area contributed by atoms with Crippen molar-refractivity contribution in [2.45, 2.75) is 13.8 Å². The van der Waals surface area contributed by atoms with Crippen molar-refractivity contribution in [3.05, 3.63) is 59.5 Å². The van der Waals surface area contributed by atoms with E-state index in [1.165, 1.54) is 24.4 Å². The van der Waals surface area contributed by atoms with E-state index >= 15 is 0 Å². The molecule has 6 nitrogen and oxygen atoms in total. The molecule has 0 saturated carbocycles. The van der Waals surface area contributed by atoms with Crippen LogP contribution >= 0.6 is 0 Å². The van der Waals surface area contributed by atoms with Gasteiger partial charge in [0.15, 0.2) is 0 Å². The number of hydrogen-bond acceptors (Lipinski definition) is 4. The van der Waals surface area contributed by atoms with Crippen LogP contribution in [0.25, 0.3) is 0 Å². The van der Waals surface area contributed by atoms with Crippen LogP contribution < -0.4 is 15.5 Å². The van der Waals surface area contributed by atoms with E-state index in [4.69, 9.17) is 0 Å². The number of amides is 2. The summed E-state index contributed by atoms with van der Waals surface area (Å²) in [5, 5.41) is 5.27. The van der Waals surface area contributed by atoms with Crippen LogP contribution in [0.1, 0.15) is 34.6 Å². The minimum absolute atomic E-state index is 0.0185. The van der Waals surface area contributed by atoms with Gasteiger partial charge in [0.1, 0.15) is 11.6 Å². The van der Waals surface area contributed by atoms with Crippen molar-refractivity contribution in [2.75, 3.05) is 31.1 Å². The average Bonchev–Trinajstić information content (AvgIpc) is 2.66. The van der Waals surface area contributed by atoms with E-state index < -0.39 is 11.7 Å². The number of pyridine rings is 1. The molecule has 2 N–H and O–H groups in total. The molecule has 1 aromatic carbocycles. The molecule has 0 bridgehead atoms. The lowest BCUT2D eigenvalue weighted by atomic mass is 10.2. The van der Waals surface area contributed by atoms with Gasteiger partial charge in [0.05, 0.1) is 11.1 Å². The molecule has 1 heterocycles. The Labute approximate surface area is 152 Å². The maximum atomic E-state index is 13.5. The lowest BCUT2D eigenvalue weighted by Crippen LogP contribution is -2.35. The molecule has 1 aromatic heterocycles. The molecular weight excluding hydrogens is 335 g/mol. The zero-order chi connectivity index (χ0) is 18.9. The van der Waals surface area contributed by atoms with Gasteiger partial charge < -0.3 is 15.5 Å². The second kappa shape index (κ2) is 9.50. The first-order valence-corrected chi connectivity index (χ1v) is 8.58. The highest BCUT2D eigenvalue weighted by Gasteiger charge is 2.11. The normalized spacial score (nSPS) is 10.3. The lowest BCUT2D eigenvalue weighted by molar-refractivity contribution is 0.0925. The molecular formula is C19H23FN4O2. The van der Waals surface area contributed by atoms with Crippen LogP contribution in [0.3, 0.4) is 0 Å². The standard InChI is InChI=1S/C19H23FN4O2/c1-3-24(4-2)17-10-9-14(13-23-17)18(25)21-11-12-22-19(26)15-7-5-6-8-16(15)20/h5-10,13H,3-4,11-12H2,1-2H3,(H,21,25)(H,22,26). The highest BCUT2D eigenvalue weighted by Crippen LogP contribution is 2.10. The smallest absolute Gasteiger partial charge is 0.254 e. The minimum atomic E-state index is -0.576. The molecule has 138 valence electrons. The summed E-state index contributed by atoms with van der Waals surface area (Å²) < 4.78 is 13.5. The lowest BCUT2D eigenvalue weighted by Gasteiger charge is -2.19. The monoisotopic (exact) mass is 358 g/mol. The first kappa shape index (κ1) is 19.4. The molecule has 2 aromatic rings. The Morgan fingerprint density at radius 1 is 1.00 bits per heavy atom. The fourth-order valence-corrected chi connectivity index (χ4v) is 2.45. The Balaban J connectivity index is 1.80. The van der Waals surface area contributed by atoms with Gasteiger partial charge in [0.2, 0.25) is 0 Å². The summed E-state index contributed by atoms with van der Waals surface area (Å²) in [6.07, 6.45) is 1.53. The van der Waals surface area contributed by atoms with Gasteiger partial charge in [0, 0.05) is 32.4 Å². The van der Waals surface area contributed by atoms with Crippen LogP contribution in [-0.4, -0.2) is 43.0 Å². The van der Waals surface area contributed by atoms with Gasteiger partial charge in [-0.05, 0) is 38.1 Å². The van der Waals surface area contributed by atoms with Gasteiger partial charge in [-0.1, -0.05) is 12.1 Å². The second-order valence-corrected chi connectivity index (χ2v) is 5.57. The summed E-state index contributed by atoms with van der Waals surface area (Å²) >= 11 is 0. The predicted molar refractivity (Wildman–Crippen MR) is 98.9 cm³/mol. The number of carbonyl (C=O) groups excluding carboxylic acids is 2. The predicted octanol–water partition coefficient (Wildman–Crippen LogP) is 2.23. The molecule has 0 fully saturated rings. The van der Waals surface area contributed by atoms with E-state index in [-0.39, 0.29) is 24.6 Å². The molecule has 26 heavy (non-hydrogen) atoms. The molecule has 0 aliphatic heterocycles. The van der Waals surface area contributed by atoms with Crippen molar-refractivity contribution in [1.29, 1.82) is 0 Å². The van der Waals surface area contributed by atoms with Crippen LogP contribution in [0.15, 0.2) is 42.6 Å². The van der Waals surface area contributed by atoms with Crippen molar-refractivity contribution < 1.29 is 14.0 Å². The van der Waals surface area contributed by atoms with E-state index in [1.807, 2.05) is 19.9 Å². The molecule has 0 aliphatic rings. The number of hydrogen-bond donors (Lipinski definition) is 2. The summed E-state index contributed by atoms with van der Waals surface area (Å²) in [6.45, 7) is 6.21. The third kappa shape index (κ3) is 5.02. The molecule has 2 rings (SSSR count). The number of nitrogens with one attached hydrogen (secondary N) is 2. The molecule has 0 spiro atoms. The zero-order valence-electron chi connectivity index (χ0n) is 15.0. The van der Waals surface area contributed by atoms with Crippen LogP contribution in [0, 0.1) is 5.82 Å². The van der Waals surface area contributed by atoms with Gasteiger partial charge in [0.25, 0.3) is 11.8 Å². The summed E-state index contributed by atoms with van der Waals surface area (Å²) in [5.41, 5.74) is 0.427. The number of rotatable bonds is 8. The molecule has 0 atom stereocenters. The topological polar surface area (TPSA) is 74.3 Å². The third-order valence-electron chi connectivity index (χ3n) is 3.91. The fourth-order valence-electron chi connectivity index (χ4n) is 2.45. The maximum absolute atomic E-state index is 13.5. The van der Waals surface area contributed by atoms with Crippen molar-refractivity contribution in [3.63, 3.8) is 0 Å². The zero-order valence-corrected chi connectivity index (χ0v) is 15.0. The van der Waals surface area contributed by atoms with Crippen molar-refractivity contribution in [1.82, 2.24) is 15.6 Å². The Kier molecular flexibility index (Phi) is 7.08. The summed E-state index contributed by atoms with van der Waals surface area (Å²) in [4.78, 5) is 30.3. The number of aromatic nitrogens is 1. The number of carbonyl (C=O) groups is 2. The van der Waals surface area contributed by atoms with Gasteiger partial charge >= 0.3 is 0 Å². The van der Waals surface area contributed by atoms with Crippen molar-refractivity contribution >= 4 is 17.6 Å². The molecule has 7 heteroatoms. The van der Waals surface area contributed by atoms with Crippen molar-refractivity contribution in [3.8, 4) is 0 Å². The quantitative estimate of drug-likeness (QED) is 0.710. The Morgan fingerprint density at radius 3 is 2.23 bits per heavy atom. The number of halogens is 1. The van der Waals surface area contributed by atoms with Gasteiger partial charge in [-0.15, -0.1) is 0 Å². The Hall–Kier alpha value is -2.96. The fraction of sp³-hybridized carbons (Fsp3) is 0.316. The van der Waals surface area contributed by atoms with E-state index in [1.54, 1.807) is 12.1 Å². The third-order valence-corrected chi connectivity index (χ3v) is 3.91. The maximum Gasteiger partial charge on any atom is 0.254 e. The molecule has 0 radical (unpaired) electrons. The Bertz CT molecular complexity index is 745. The van der Waals surface area contributed by atoms with Crippen LogP contribution in [0.2, 0.25) is 0 Å². The van der Waals surface area contributed by atoms with E-state index in [2.05, 4.69) is 20.5 Å². The summed E-state index contributed by atoms with van der Waals surface area (Å²) in [6, 6.07) is 9.27. The highest BCUT2D eigenvalue weighted by molar-refractivity contribution is 5.95. The highest BCUT2D eigenvalue weighted by atomic mass is 19.1. The summed E-state index contributed by atoms with van der Waals surface area (Å²) in [5.74, 6) is -0.538. The Morgan fingerprint density at radius 2 is 1.65 bits per heavy atom. The molecule has 0 saturated heterocycles. The average molecular weight is 358 g/mol. The molecule has 0 aliphatic carbocycles. The van der Waals surface area contributed by atoms with Gasteiger partial charge in [-0.2, -0.15) is 0 Å². The SMILES string of the molecule is CCN(CC)c1ccc(C(=O)NCCNC(=O)c2ccccc2F)cn1. The second-order valence-electron chi connectivity index (χ2n) is 5.57. The largest absolute Gasteiger partial charge is 0.357 e. The van der Waals surface area contributed by atoms with E-state index in [9.17, 15) is 14.0 Å². The first-order chi connectivity index (χ1) is 12.6. The van der Waals surface area contributed by atoms with Crippen LogP contribution in [0.4, 0.5) is 10.2 Å². The van der Waals surface area contributed by atoms with E-state index in [0.29, 0.717) is 5.56 Å². The van der Waals surface area contributed by atoms with Crippen LogP contribution in [0.5, 0.6) is 0 Å². The van der Waals surface area contributed by atoms with E-state index in [0.717, 1.165) is 18.9 Å². The van der Waals surface area contributed by atoms with Gasteiger partial charge in [-0.25, -0.2) is 9.37 Å². The number of nitrogens with zero attached hydrogens (tertiary/aromatic N) is 2. The number of anilines is 1. The number of benzene rings is 1. The summed E-state index contributed by atoms with van der Waals surface area (Å²) in [7, 11) is 0.